The highest BCUT2D eigenvalue weighted by Gasteiger charge is 2.40. The van der Waals surface area contributed by atoms with Gasteiger partial charge in [0.2, 0.25) is 0 Å². The van der Waals surface area contributed by atoms with Gasteiger partial charge in [-0.05, 0) is 37.0 Å². The molecular formula is C17H19F6N3O. The third-order valence-corrected chi connectivity index (χ3v) is 3.56. The Morgan fingerprint density at radius 2 is 1.85 bits per heavy atom. The van der Waals surface area contributed by atoms with E-state index < -0.39 is 36.1 Å². The molecule has 0 aliphatic rings. The third-order valence-electron chi connectivity index (χ3n) is 3.56. The lowest BCUT2D eigenvalue weighted by molar-refractivity contribution is -0.136. The zero-order chi connectivity index (χ0) is 20.8. The summed E-state index contributed by atoms with van der Waals surface area (Å²) in [5.74, 6) is -1.49. The Hall–Kier alpha value is -2.52. The Morgan fingerprint density at radius 1 is 1.22 bits per heavy atom. The highest BCUT2D eigenvalue weighted by molar-refractivity contribution is 6.23. The zero-order valence-corrected chi connectivity index (χ0v) is 14.6. The molecule has 1 aromatic carbocycles. The Labute approximate surface area is 152 Å². The van der Waals surface area contributed by atoms with E-state index in [1.807, 2.05) is 0 Å². The van der Waals surface area contributed by atoms with Crippen LogP contribution in [0.1, 0.15) is 17.5 Å². The molecule has 1 aromatic rings. The van der Waals surface area contributed by atoms with E-state index >= 15 is 0 Å². The number of allylic oxidation sites excluding steroid dienone is 1. The van der Waals surface area contributed by atoms with Gasteiger partial charge in [0, 0.05) is 12.7 Å². The first kappa shape index (κ1) is 22.5. The van der Waals surface area contributed by atoms with Gasteiger partial charge in [0.25, 0.3) is 5.91 Å². The van der Waals surface area contributed by atoms with E-state index in [4.69, 9.17) is 5.73 Å². The molecule has 0 aliphatic carbocycles. The molecule has 10 heteroatoms. The number of nitrogens with zero attached hydrogens (tertiary/aromatic N) is 1. The summed E-state index contributed by atoms with van der Waals surface area (Å²) in [6.45, 7) is 0.0192. The lowest BCUT2D eigenvalue weighted by Gasteiger charge is -2.15. The molecule has 0 bridgehead atoms. The van der Waals surface area contributed by atoms with E-state index in [2.05, 4.69) is 4.99 Å². The van der Waals surface area contributed by atoms with Crippen LogP contribution < -0.4 is 11.1 Å². The van der Waals surface area contributed by atoms with Crippen LogP contribution in [0.2, 0.25) is 0 Å². The number of benzene rings is 1. The van der Waals surface area contributed by atoms with Crippen LogP contribution in [-0.4, -0.2) is 37.6 Å². The molecule has 27 heavy (non-hydrogen) atoms. The normalized spacial score (nSPS) is 13.6. The molecule has 150 valence electrons. The maximum Gasteiger partial charge on any atom is 0.433 e. The number of nitrogens with one attached hydrogen (secondary N) is 1. The van der Waals surface area contributed by atoms with Gasteiger partial charge in [0.15, 0.2) is 5.71 Å². The molecule has 0 atom stereocenters. The highest BCUT2D eigenvalue weighted by atomic mass is 19.4. The van der Waals surface area contributed by atoms with Gasteiger partial charge in [-0.3, -0.25) is 9.79 Å². The van der Waals surface area contributed by atoms with Crippen LogP contribution in [0.25, 0.3) is 0 Å². The first-order chi connectivity index (χ1) is 12.3. The Kier molecular flexibility index (Phi) is 7.44. The first-order valence-electron chi connectivity index (χ1n) is 7.79. The molecule has 4 nitrogen and oxygen atoms in total. The van der Waals surface area contributed by atoms with Crippen molar-refractivity contribution in [1.82, 2.24) is 5.32 Å². The lowest BCUT2D eigenvalue weighted by Crippen LogP contribution is -2.39. The fourth-order valence-corrected chi connectivity index (χ4v) is 2.25. The van der Waals surface area contributed by atoms with Crippen LogP contribution in [0.3, 0.4) is 0 Å². The predicted molar refractivity (Wildman–Crippen MR) is 90.5 cm³/mol. The zero-order valence-electron chi connectivity index (χ0n) is 14.6. The van der Waals surface area contributed by atoms with E-state index in [-0.39, 0.29) is 12.8 Å². The van der Waals surface area contributed by atoms with Crippen molar-refractivity contribution < 1.29 is 31.1 Å². The van der Waals surface area contributed by atoms with Crippen molar-refractivity contribution >= 4 is 17.3 Å². The van der Waals surface area contributed by atoms with Crippen molar-refractivity contribution in [2.75, 3.05) is 19.3 Å². The fourth-order valence-electron chi connectivity index (χ4n) is 2.25. The third kappa shape index (κ3) is 7.32. The molecule has 0 aliphatic heterocycles. The summed E-state index contributed by atoms with van der Waals surface area (Å²) in [5.41, 5.74) is 5.30. The molecule has 0 saturated heterocycles. The molecule has 0 aromatic heterocycles. The molecule has 0 unspecified atom stereocenters. The number of aliphatic imine (C=N–C) groups is 1. The first-order valence-corrected chi connectivity index (χ1v) is 7.79. The second-order valence-corrected chi connectivity index (χ2v) is 5.72. The van der Waals surface area contributed by atoms with Crippen molar-refractivity contribution in [2.24, 2.45) is 4.99 Å². The number of hydrogen-bond acceptors (Lipinski definition) is 3. The van der Waals surface area contributed by atoms with Crippen LogP contribution in [0.4, 0.5) is 32.0 Å². The van der Waals surface area contributed by atoms with Crippen molar-refractivity contribution in [3.8, 4) is 0 Å². The minimum Gasteiger partial charge on any atom is -0.399 e. The smallest absolute Gasteiger partial charge is 0.399 e. The average Bonchev–Trinajstić information content (AvgIpc) is 2.53. The molecule has 0 saturated carbocycles. The molecular weight excluding hydrogens is 376 g/mol. The average molecular weight is 395 g/mol. The Bertz CT molecular complexity index is 735. The quantitative estimate of drug-likeness (QED) is 0.333. The largest absolute Gasteiger partial charge is 0.433 e. The minimum absolute atomic E-state index is 0.00672. The van der Waals surface area contributed by atoms with Gasteiger partial charge in [-0.25, -0.2) is 0 Å². The van der Waals surface area contributed by atoms with Gasteiger partial charge in [0.1, 0.15) is 6.54 Å². The van der Waals surface area contributed by atoms with Crippen molar-refractivity contribution in [3.05, 3.63) is 41.0 Å². The van der Waals surface area contributed by atoms with Crippen LogP contribution in [-0.2, 0) is 11.2 Å². The number of carbonyl (C=O) groups is 1. The fraction of sp³-hybridized carbons (Fsp3) is 0.412. The maximum atomic E-state index is 13.1. The van der Waals surface area contributed by atoms with E-state index in [1.54, 1.807) is 25.1 Å². The monoisotopic (exact) mass is 395 g/mol. The summed E-state index contributed by atoms with van der Waals surface area (Å²) in [6.07, 6.45) is -8.52. The second kappa shape index (κ2) is 8.92. The summed E-state index contributed by atoms with van der Waals surface area (Å²) < 4.78 is 75.9. The number of carbonyl (C=O) groups excluding carboxylic acids is 1. The SMILES string of the molecule is CN=C(/C(=C\CCc1ccc(N)c(C)c1)C(=O)NCC(F)(F)F)C(F)(F)F. The summed E-state index contributed by atoms with van der Waals surface area (Å²) in [7, 11) is 0.817. The molecule has 0 heterocycles. The number of rotatable bonds is 6. The summed E-state index contributed by atoms with van der Waals surface area (Å²) >= 11 is 0. The van der Waals surface area contributed by atoms with Crippen molar-refractivity contribution in [2.45, 2.75) is 32.1 Å². The Balaban J connectivity index is 3.03. The van der Waals surface area contributed by atoms with Gasteiger partial charge in [-0.2, -0.15) is 26.3 Å². The minimum atomic E-state index is -4.98. The number of alkyl halides is 6. The number of halogens is 6. The highest BCUT2D eigenvalue weighted by Crippen LogP contribution is 2.24. The standard InChI is InChI=1S/C17H19F6N3O/c1-10-8-11(6-7-13(10)24)4-3-5-12(14(25-2)17(21,22)23)15(27)26-9-16(18,19)20/h5-8H,3-4,9,24H2,1-2H3,(H,26,27)/b12-5+,25-14?. The number of aryl methyl sites for hydroxylation is 2. The number of anilines is 1. The number of nitrogens with two attached hydrogens (primary N) is 1. The topological polar surface area (TPSA) is 67.5 Å². The van der Waals surface area contributed by atoms with Gasteiger partial charge in [-0.15, -0.1) is 0 Å². The Morgan fingerprint density at radius 3 is 2.33 bits per heavy atom. The summed E-state index contributed by atoms with van der Waals surface area (Å²) in [6, 6.07) is 5.06. The molecule has 0 radical (unpaired) electrons. The maximum absolute atomic E-state index is 13.1. The number of amides is 1. The van der Waals surface area contributed by atoms with Crippen LogP contribution in [0, 0.1) is 6.92 Å². The van der Waals surface area contributed by atoms with Crippen molar-refractivity contribution in [3.63, 3.8) is 0 Å². The molecule has 3 N–H and O–H groups in total. The van der Waals surface area contributed by atoms with E-state index in [1.165, 1.54) is 5.32 Å². The van der Waals surface area contributed by atoms with Gasteiger partial charge in [0.05, 0.1) is 5.57 Å². The molecule has 1 amide bonds. The summed E-state index contributed by atoms with van der Waals surface area (Å²) in [5, 5.41) is 1.45. The number of nitrogen functional groups attached to an aromatic ring is 1. The van der Waals surface area contributed by atoms with Crippen LogP contribution >= 0.6 is 0 Å². The second-order valence-electron chi connectivity index (χ2n) is 5.72. The molecule has 0 fully saturated rings. The van der Waals surface area contributed by atoms with Crippen LogP contribution in [0.15, 0.2) is 34.8 Å². The van der Waals surface area contributed by atoms with Crippen molar-refractivity contribution in [1.29, 1.82) is 0 Å². The molecule has 1 rings (SSSR count). The summed E-state index contributed by atoms with van der Waals surface area (Å²) in [4.78, 5) is 14.9. The molecule has 0 spiro atoms. The van der Waals surface area contributed by atoms with Gasteiger partial charge < -0.3 is 11.1 Å². The predicted octanol–water partition coefficient (Wildman–Crippen LogP) is 3.75. The van der Waals surface area contributed by atoms with E-state index in [9.17, 15) is 31.1 Å². The number of hydrogen-bond donors (Lipinski definition) is 2. The van der Waals surface area contributed by atoms with Crippen LogP contribution in [0.5, 0.6) is 0 Å². The lowest BCUT2D eigenvalue weighted by atomic mass is 10.0. The van der Waals surface area contributed by atoms with Gasteiger partial charge >= 0.3 is 12.4 Å². The van der Waals surface area contributed by atoms with Gasteiger partial charge in [-0.1, -0.05) is 18.2 Å². The van der Waals surface area contributed by atoms with E-state index in [0.29, 0.717) is 5.69 Å². The van der Waals surface area contributed by atoms with E-state index in [0.717, 1.165) is 24.3 Å².